The molecule has 0 bridgehead atoms. The van der Waals surface area contributed by atoms with E-state index in [-0.39, 0.29) is 59.7 Å². The maximum Gasteiger partial charge on any atom is 0.453 e. The average molecular weight is 714 g/mol. The fourth-order valence-electron chi connectivity index (χ4n) is 8.36. The summed E-state index contributed by atoms with van der Waals surface area (Å²) in [5.74, 6) is -3.72. The molecule has 3 aliphatic rings. The van der Waals surface area contributed by atoms with Crippen LogP contribution in [0.5, 0.6) is 5.75 Å². The van der Waals surface area contributed by atoms with Crippen molar-refractivity contribution in [3.05, 3.63) is 29.3 Å². The fourth-order valence-corrected chi connectivity index (χ4v) is 9.51. The molecule has 9 nitrogen and oxygen atoms in total. The molecule has 0 aromatic heterocycles. The monoisotopic (exact) mass is 713 g/mol. The van der Waals surface area contributed by atoms with Crippen LogP contribution in [0.3, 0.4) is 0 Å². The lowest BCUT2D eigenvalue weighted by Crippen LogP contribution is -2.57. The number of hydrogen-bond acceptors (Lipinski definition) is 8. The number of rotatable bonds is 16. The Kier molecular flexibility index (Phi) is 12.9. The number of aliphatic hydroxyl groups excluding tert-OH is 4. The van der Waals surface area contributed by atoms with E-state index in [1.165, 1.54) is 0 Å². The lowest BCUT2D eigenvalue weighted by Gasteiger charge is -2.53. The van der Waals surface area contributed by atoms with Crippen molar-refractivity contribution in [3.63, 3.8) is 0 Å². The highest BCUT2D eigenvalue weighted by atomic mass is 32.2. The van der Waals surface area contributed by atoms with Crippen LogP contribution in [0.4, 0.5) is 26.7 Å². The van der Waals surface area contributed by atoms with Gasteiger partial charge in [0, 0.05) is 28.7 Å². The number of halogens is 5. The summed E-state index contributed by atoms with van der Waals surface area (Å²) in [6, 6.07) is 5.42. The average Bonchev–Trinajstić information content (AvgIpc) is 3.37. The summed E-state index contributed by atoms with van der Waals surface area (Å²) in [4.78, 5) is 12.6. The second kappa shape index (κ2) is 16.0. The number of fused-ring (bicyclic) bond motifs is 5. The van der Waals surface area contributed by atoms with Crippen LogP contribution in [-0.2, 0) is 22.0 Å². The molecule has 2 fully saturated rings. The molecule has 1 amide bonds. The van der Waals surface area contributed by atoms with Crippen LogP contribution in [0, 0.1) is 23.2 Å². The Balaban J connectivity index is 1.49. The predicted octanol–water partition coefficient (Wildman–Crippen LogP) is 4.46. The third-order valence-electron chi connectivity index (χ3n) is 10.9. The zero-order chi connectivity index (χ0) is 35.3. The number of alkyl halides is 5. The van der Waals surface area contributed by atoms with Crippen molar-refractivity contribution in [1.82, 2.24) is 5.32 Å². The van der Waals surface area contributed by atoms with Crippen LogP contribution in [0.25, 0.3) is 0 Å². The number of benzene rings is 1. The van der Waals surface area contributed by atoms with E-state index < -0.39 is 67.2 Å². The third kappa shape index (κ3) is 8.51. The highest BCUT2D eigenvalue weighted by molar-refractivity contribution is 7.84. The van der Waals surface area contributed by atoms with Crippen LogP contribution < -0.4 is 10.1 Å². The van der Waals surface area contributed by atoms with Gasteiger partial charge in [0.25, 0.3) is 0 Å². The highest BCUT2D eigenvalue weighted by Gasteiger charge is 2.58. The SMILES string of the molecule is C[C@]12CC[C@@H]3c4ccc(OC(=O)NC(CO)(CO)CO)cc4C[C@@H](CCCS(=O)CCCC(F)(F)C(F)(F)F)[C@H]3[C@@H]1CC[C@@H]2OCCO. The molecule has 48 heavy (non-hydrogen) atoms. The van der Waals surface area contributed by atoms with Crippen molar-refractivity contribution in [2.75, 3.05) is 44.5 Å². The first-order valence-electron chi connectivity index (χ1n) is 16.6. The van der Waals surface area contributed by atoms with E-state index in [1.807, 2.05) is 6.07 Å². The number of carbonyl (C=O) groups excluding carboxylic acids is 1. The first-order chi connectivity index (χ1) is 22.6. The molecular formula is C33H48F5NO8S. The summed E-state index contributed by atoms with van der Waals surface area (Å²) in [6.07, 6.45) is -3.05. The molecule has 1 unspecified atom stereocenters. The molecule has 274 valence electrons. The lowest BCUT2D eigenvalue weighted by molar-refractivity contribution is -0.284. The Morgan fingerprint density at radius 3 is 2.35 bits per heavy atom. The van der Waals surface area contributed by atoms with Crippen molar-refractivity contribution in [2.24, 2.45) is 23.2 Å². The van der Waals surface area contributed by atoms with Crippen LogP contribution in [0.15, 0.2) is 18.2 Å². The molecule has 0 spiro atoms. The molecule has 0 saturated heterocycles. The second-order valence-corrected chi connectivity index (χ2v) is 15.6. The molecule has 5 N–H and O–H groups in total. The molecule has 2 saturated carbocycles. The zero-order valence-corrected chi connectivity index (χ0v) is 28.0. The van der Waals surface area contributed by atoms with E-state index in [0.29, 0.717) is 25.2 Å². The number of ether oxygens (including phenoxy) is 2. The van der Waals surface area contributed by atoms with Crippen molar-refractivity contribution in [1.29, 1.82) is 0 Å². The quantitative estimate of drug-likeness (QED) is 0.158. The van der Waals surface area contributed by atoms with Gasteiger partial charge in [-0.25, -0.2) is 4.79 Å². The Hall–Kier alpha value is -1.91. The first-order valence-corrected chi connectivity index (χ1v) is 18.1. The minimum absolute atomic E-state index is 0.0122. The molecule has 0 aliphatic heterocycles. The van der Waals surface area contributed by atoms with Gasteiger partial charge in [-0.3, -0.25) is 4.21 Å². The smallest absolute Gasteiger partial charge is 0.410 e. The van der Waals surface area contributed by atoms with Gasteiger partial charge in [-0.05, 0) is 104 Å². The van der Waals surface area contributed by atoms with Crippen LogP contribution >= 0.6 is 0 Å². The summed E-state index contributed by atoms with van der Waals surface area (Å²) >= 11 is 0. The number of nitrogens with one attached hydrogen (secondary N) is 1. The largest absolute Gasteiger partial charge is 0.453 e. The van der Waals surface area contributed by atoms with Gasteiger partial charge in [0.1, 0.15) is 11.3 Å². The van der Waals surface area contributed by atoms with Gasteiger partial charge in [0.15, 0.2) is 0 Å². The van der Waals surface area contributed by atoms with Crippen molar-refractivity contribution < 1.29 is 60.9 Å². The maximum atomic E-state index is 13.3. The standard InChI is InChI=1S/C33H48F5NO8S/c1-30-11-9-25-24-6-5-23(47-29(44)39-31(18-41,19-42)20-43)17-22(24)16-21(28(25)26(30)7-8-27(30)46-13-12-40)4-2-14-48(45)15-3-10-32(34,35)33(36,37)38/h5-6,17,21,25-28,40-43H,2-4,7-16,18-20H2,1H3,(H,39,44)/t21-,25-,26+,27+,28-,30+,48?/m1/s1. The van der Waals surface area contributed by atoms with Gasteiger partial charge in [-0.2, -0.15) is 22.0 Å². The van der Waals surface area contributed by atoms with Gasteiger partial charge in [-0.1, -0.05) is 13.0 Å². The van der Waals surface area contributed by atoms with Crippen LogP contribution in [-0.4, -0.2) is 99.0 Å². The molecule has 1 aromatic rings. The lowest BCUT2D eigenvalue weighted by atomic mass is 9.52. The number of carbonyl (C=O) groups is 1. The molecule has 0 heterocycles. The van der Waals surface area contributed by atoms with E-state index in [0.717, 1.165) is 36.8 Å². The molecule has 7 atom stereocenters. The minimum atomic E-state index is -5.63. The normalized spacial score (nSPS) is 27.9. The topological polar surface area (TPSA) is 146 Å². The highest BCUT2D eigenvalue weighted by Crippen LogP contribution is 2.63. The summed E-state index contributed by atoms with van der Waals surface area (Å²) in [5, 5.41) is 40.3. The minimum Gasteiger partial charge on any atom is -0.410 e. The van der Waals surface area contributed by atoms with Gasteiger partial charge in [0.2, 0.25) is 0 Å². The maximum absolute atomic E-state index is 13.3. The first kappa shape index (κ1) is 38.9. The van der Waals surface area contributed by atoms with Gasteiger partial charge in [-0.15, -0.1) is 0 Å². The van der Waals surface area contributed by atoms with Crippen LogP contribution in [0.2, 0.25) is 0 Å². The van der Waals surface area contributed by atoms with Crippen LogP contribution in [0.1, 0.15) is 75.3 Å². The Morgan fingerprint density at radius 1 is 1.02 bits per heavy atom. The second-order valence-electron chi connectivity index (χ2n) is 13.9. The molecule has 0 radical (unpaired) electrons. The fraction of sp³-hybridized carbons (Fsp3) is 0.788. The molecule has 4 rings (SSSR count). The van der Waals surface area contributed by atoms with E-state index >= 15 is 0 Å². The Morgan fingerprint density at radius 2 is 1.71 bits per heavy atom. The summed E-state index contributed by atoms with van der Waals surface area (Å²) in [6.45, 7) is 0.332. The summed E-state index contributed by atoms with van der Waals surface area (Å²) < 4.78 is 88.3. The number of amides is 1. The summed E-state index contributed by atoms with van der Waals surface area (Å²) in [7, 11) is -1.55. The summed E-state index contributed by atoms with van der Waals surface area (Å²) in [5.41, 5.74) is 0.376. The molecule has 3 aliphatic carbocycles. The number of aliphatic hydroxyl groups is 4. The predicted molar refractivity (Wildman–Crippen MR) is 167 cm³/mol. The van der Waals surface area contributed by atoms with Crippen molar-refractivity contribution in [2.45, 2.75) is 94.4 Å². The van der Waals surface area contributed by atoms with Crippen molar-refractivity contribution >= 4 is 16.9 Å². The number of hydrogen-bond donors (Lipinski definition) is 5. The molecule has 1 aromatic carbocycles. The molecule has 15 heteroatoms. The van der Waals surface area contributed by atoms with Gasteiger partial charge < -0.3 is 35.2 Å². The Bertz CT molecular complexity index is 1260. The van der Waals surface area contributed by atoms with Gasteiger partial charge >= 0.3 is 18.2 Å². The van der Waals surface area contributed by atoms with Crippen molar-refractivity contribution in [3.8, 4) is 5.75 Å². The van der Waals surface area contributed by atoms with E-state index in [9.17, 15) is 51.4 Å². The third-order valence-corrected chi connectivity index (χ3v) is 12.4. The Labute approximate surface area is 280 Å². The van der Waals surface area contributed by atoms with E-state index in [4.69, 9.17) is 9.47 Å². The zero-order valence-electron chi connectivity index (χ0n) is 27.2. The van der Waals surface area contributed by atoms with E-state index in [1.54, 1.807) is 12.1 Å². The van der Waals surface area contributed by atoms with Gasteiger partial charge in [0.05, 0.1) is 39.1 Å². The molecular weight excluding hydrogens is 665 g/mol. The van der Waals surface area contributed by atoms with E-state index in [2.05, 4.69) is 12.2 Å².